The van der Waals surface area contributed by atoms with Gasteiger partial charge in [-0.2, -0.15) is 5.26 Å². The van der Waals surface area contributed by atoms with Crippen LogP contribution in [0.4, 0.5) is 0 Å². The van der Waals surface area contributed by atoms with Gasteiger partial charge >= 0.3 is 0 Å². The first kappa shape index (κ1) is 17.3. The zero-order chi connectivity index (χ0) is 15.5. The highest BCUT2D eigenvalue weighted by molar-refractivity contribution is 5.85. The number of halogens is 1. The quantitative estimate of drug-likeness (QED) is 0.907. The Hall–Kier alpha value is -2.06. The average molecular weight is 331 g/mol. The van der Waals surface area contributed by atoms with E-state index in [9.17, 15) is 10.4 Å². The largest absolute Gasteiger partial charge is 0.488 e. The SMILES string of the molecule is Cl.N#Cc1c(OCc2ccccc2)ccc2c1CC[C@H](N)[C@H]2O. The Balaban J connectivity index is 0.00000192. The zero-order valence-corrected chi connectivity index (χ0v) is 13.4. The second-order valence-corrected chi connectivity index (χ2v) is 5.54. The highest BCUT2D eigenvalue weighted by atomic mass is 35.5. The van der Waals surface area contributed by atoms with Gasteiger partial charge in [0.05, 0.1) is 11.7 Å². The minimum atomic E-state index is -0.709. The number of ether oxygens (including phenoxy) is 1. The predicted molar refractivity (Wildman–Crippen MR) is 90.4 cm³/mol. The van der Waals surface area contributed by atoms with E-state index in [4.69, 9.17) is 10.5 Å². The second kappa shape index (κ2) is 7.47. The highest BCUT2D eigenvalue weighted by Crippen LogP contribution is 2.35. The number of nitrogens with two attached hydrogens (primary N) is 1. The summed E-state index contributed by atoms with van der Waals surface area (Å²) in [7, 11) is 0. The fourth-order valence-corrected chi connectivity index (χ4v) is 2.87. The van der Waals surface area contributed by atoms with Crippen LogP contribution in [-0.2, 0) is 13.0 Å². The van der Waals surface area contributed by atoms with Crippen molar-refractivity contribution in [2.75, 3.05) is 0 Å². The van der Waals surface area contributed by atoms with Gasteiger partial charge in [-0.05, 0) is 35.6 Å². The molecule has 1 aliphatic rings. The van der Waals surface area contributed by atoms with Crippen molar-refractivity contribution < 1.29 is 9.84 Å². The van der Waals surface area contributed by atoms with E-state index >= 15 is 0 Å². The van der Waals surface area contributed by atoms with Gasteiger partial charge in [-0.1, -0.05) is 36.4 Å². The lowest BCUT2D eigenvalue weighted by Crippen LogP contribution is -2.33. The maximum absolute atomic E-state index is 10.2. The molecule has 0 radical (unpaired) electrons. The molecule has 0 amide bonds. The summed E-state index contributed by atoms with van der Waals surface area (Å²) in [4.78, 5) is 0. The molecule has 3 N–H and O–H groups in total. The van der Waals surface area contributed by atoms with Gasteiger partial charge in [-0.3, -0.25) is 0 Å². The van der Waals surface area contributed by atoms with E-state index in [1.165, 1.54) is 0 Å². The molecular weight excluding hydrogens is 312 g/mol. The Labute approximate surface area is 141 Å². The van der Waals surface area contributed by atoms with Crippen LogP contribution in [0.15, 0.2) is 42.5 Å². The lowest BCUT2D eigenvalue weighted by atomic mass is 9.83. The summed E-state index contributed by atoms with van der Waals surface area (Å²) in [6.45, 7) is 0.413. The van der Waals surface area contributed by atoms with Crippen LogP contribution < -0.4 is 10.5 Å². The number of benzene rings is 2. The molecule has 23 heavy (non-hydrogen) atoms. The van der Waals surface area contributed by atoms with E-state index in [1.807, 2.05) is 36.4 Å². The Morgan fingerprint density at radius 2 is 1.96 bits per heavy atom. The van der Waals surface area contributed by atoms with Gasteiger partial charge < -0.3 is 15.6 Å². The molecule has 1 aliphatic carbocycles. The lowest BCUT2D eigenvalue weighted by Gasteiger charge is -2.28. The fourth-order valence-electron chi connectivity index (χ4n) is 2.87. The van der Waals surface area contributed by atoms with Gasteiger partial charge in [0, 0.05) is 6.04 Å². The van der Waals surface area contributed by atoms with E-state index in [-0.39, 0.29) is 18.4 Å². The standard InChI is InChI=1S/C18H18N2O2.ClH/c19-10-15-13-6-8-16(20)18(21)14(13)7-9-17(15)22-11-12-4-2-1-3-5-12;/h1-5,7,9,16,18,21H,6,8,11,20H2;1H/t16-,18-;/m0./s1. The molecule has 0 unspecified atom stereocenters. The maximum Gasteiger partial charge on any atom is 0.137 e. The van der Waals surface area contributed by atoms with Crippen LogP contribution in [0.3, 0.4) is 0 Å². The highest BCUT2D eigenvalue weighted by Gasteiger charge is 2.28. The summed E-state index contributed by atoms with van der Waals surface area (Å²) >= 11 is 0. The van der Waals surface area contributed by atoms with Crippen molar-refractivity contribution in [1.82, 2.24) is 0 Å². The van der Waals surface area contributed by atoms with E-state index in [0.717, 1.165) is 16.7 Å². The Morgan fingerprint density at radius 1 is 1.22 bits per heavy atom. The topological polar surface area (TPSA) is 79.3 Å². The summed E-state index contributed by atoms with van der Waals surface area (Å²) in [5.41, 5.74) is 9.07. The van der Waals surface area contributed by atoms with Gasteiger partial charge in [0.25, 0.3) is 0 Å². The molecule has 0 bridgehead atoms. The molecule has 120 valence electrons. The zero-order valence-electron chi connectivity index (χ0n) is 12.6. The third-order valence-electron chi connectivity index (χ3n) is 4.11. The molecule has 0 aromatic heterocycles. The number of nitrogens with zero attached hydrogens (tertiary/aromatic N) is 1. The molecule has 0 fully saturated rings. The summed E-state index contributed by atoms with van der Waals surface area (Å²) < 4.78 is 5.81. The summed E-state index contributed by atoms with van der Waals surface area (Å²) in [6.07, 6.45) is 0.656. The number of fused-ring (bicyclic) bond motifs is 1. The van der Waals surface area contributed by atoms with Crippen LogP contribution in [0.2, 0.25) is 0 Å². The molecule has 5 heteroatoms. The third-order valence-corrected chi connectivity index (χ3v) is 4.11. The van der Waals surface area contributed by atoms with E-state index in [1.54, 1.807) is 6.07 Å². The Morgan fingerprint density at radius 3 is 2.65 bits per heavy atom. The maximum atomic E-state index is 10.2. The third kappa shape index (κ3) is 3.48. The van der Waals surface area contributed by atoms with Gasteiger partial charge in [0.1, 0.15) is 18.4 Å². The van der Waals surface area contributed by atoms with Gasteiger partial charge in [-0.15, -0.1) is 12.4 Å². The van der Waals surface area contributed by atoms with Crippen molar-refractivity contribution in [3.63, 3.8) is 0 Å². The van der Waals surface area contributed by atoms with Gasteiger partial charge in [-0.25, -0.2) is 0 Å². The molecular formula is C18H19ClN2O2. The van der Waals surface area contributed by atoms with Crippen LogP contribution >= 0.6 is 12.4 Å². The number of hydrogen-bond donors (Lipinski definition) is 2. The smallest absolute Gasteiger partial charge is 0.137 e. The van der Waals surface area contributed by atoms with E-state index in [2.05, 4.69) is 6.07 Å². The number of aliphatic hydroxyl groups excluding tert-OH is 1. The molecule has 2 aromatic carbocycles. The number of nitriles is 1. The number of aliphatic hydroxyl groups is 1. The van der Waals surface area contributed by atoms with Gasteiger partial charge in [0.15, 0.2) is 0 Å². The lowest BCUT2D eigenvalue weighted by molar-refractivity contribution is 0.133. The van der Waals surface area contributed by atoms with Crippen molar-refractivity contribution in [2.45, 2.75) is 31.6 Å². The first-order chi connectivity index (χ1) is 10.7. The van der Waals surface area contributed by atoms with Crippen LogP contribution in [0.1, 0.15) is 34.8 Å². The molecule has 0 heterocycles. The van der Waals surface area contributed by atoms with Crippen molar-refractivity contribution in [3.05, 3.63) is 64.7 Å². The monoisotopic (exact) mass is 330 g/mol. The first-order valence-electron chi connectivity index (χ1n) is 7.37. The fraction of sp³-hybridized carbons (Fsp3) is 0.278. The van der Waals surface area contributed by atoms with Crippen molar-refractivity contribution in [1.29, 1.82) is 5.26 Å². The number of hydrogen-bond acceptors (Lipinski definition) is 4. The molecule has 0 saturated carbocycles. The van der Waals surface area contributed by atoms with Crippen molar-refractivity contribution in [3.8, 4) is 11.8 Å². The molecule has 2 aromatic rings. The minimum absolute atomic E-state index is 0. The summed E-state index contributed by atoms with van der Waals surface area (Å²) in [5.74, 6) is 0.563. The van der Waals surface area contributed by atoms with Gasteiger partial charge in [0.2, 0.25) is 0 Å². The normalized spacial score (nSPS) is 19.2. The van der Waals surface area contributed by atoms with Crippen LogP contribution in [0.5, 0.6) is 5.75 Å². The molecule has 4 nitrogen and oxygen atoms in total. The molecule has 0 spiro atoms. The van der Waals surface area contributed by atoms with Crippen molar-refractivity contribution >= 4 is 12.4 Å². The average Bonchev–Trinajstić information content (AvgIpc) is 2.56. The van der Waals surface area contributed by atoms with Crippen LogP contribution in [0, 0.1) is 11.3 Å². The minimum Gasteiger partial charge on any atom is -0.488 e. The molecule has 2 atom stereocenters. The van der Waals surface area contributed by atoms with E-state index < -0.39 is 6.10 Å². The summed E-state index contributed by atoms with van der Waals surface area (Å²) in [6, 6.07) is 15.3. The van der Waals surface area contributed by atoms with Crippen LogP contribution in [0.25, 0.3) is 0 Å². The Bertz CT molecular complexity index is 713. The predicted octanol–water partition coefficient (Wildman–Crippen LogP) is 2.87. The first-order valence-corrected chi connectivity index (χ1v) is 7.37. The Kier molecular flexibility index (Phi) is 5.62. The van der Waals surface area contributed by atoms with Crippen molar-refractivity contribution in [2.24, 2.45) is 5.73 Å². The summed E-state index contributed by atoms with van der Waals surface area (Å²) in [5, 5.41) is 19.7. The molecule has 0 saturated heterocycles. The second-order valence-electron chi connectivity index (χ2n) is 5.54. The number of rotatable bonds is 3. The molecule has 3 rings (SSSR count). The molecule has 0 aliphatic heterocycles. The van der Waals surface area contributed by atoms with Crippen LogP contribution in [-0.4, -0.2) is 11.1 Å². The van der Waals surface area contributed by atoms with E-state index in [0.29, 0.717) is 30.8 Å².